The monoisotopic (exact) mass is 343 g/mol. The Morgan fingerprint density at radius 2 is 2.05 bits per heavy atom. The van der Waals surface area contributed by atoms with E-state index in [0.717, 1.165) is 5.56 Å². The Labute approximate surface area is 132 Å². The number of amides is 1. The van der Waals surface area contributed by atoms with Crippen molar-refractivity contribution in [3.63, 3.8) is 0 Å². The molecule has 0 bridgehead atoms. The highest BCUT2D eigenvalue weighted by Crippen LogP contribution is 2.19. The Balaban J connectivity index is 2.01. The average Bonchev–Trinajstić information content (AvgIpc) is 2.89. The number of nitrogens with one attached hydrogen (secondary N) is 1. The molecular formula is C13H14ClN3O4S. The molecule has 1 N–H and O–H groups in total. The fourth-order valence-corrected chi connectivity index (χ4v) is 2.79. The molecule has 1 aromatic carbocycles. The van der Waals surface area contributed by atoms with Gasteiger partial charge in [0.2, 0.25) is 0 Å². The lowest BCUT2D eigenvalue weighted by Gasteiger charge is -2.04. The van der Waals surface area contributed by atoms with Crippen LogP contribution in [0.4, 0.5) is 10.6 Å². The van der Waals surface area contributed by atoms with E-state index in [4.69, 9.17) is 15.4 Å². The fourth-order valence-electron chi connectivity index (χ4n) is 1.75. The normalized spacial score (nSPS) is 11.2. The standard InChI is InChI=1S/C13H14ClN3O4S/c1-2-17-12(22(14,19)20)8-11(16-17)15-13(18)21-9-10-6-4-3-5-7-10/h3-8H,2,9H2,1H3,(H,15,16,18). The molecule has 2 rings (SSSR count). The van der Waals surface area contributed by atoms with E-state index in [1.54, 1.807) is 6.92 Å². The van der Waals surface area contributed by atoms with Crippen molar-refractivity contribution in [3.8, 4) is 0 Å². The molecule has 0 unspecified atom stereocenters. The number of anilines is 1. The zero-order valence-corrected chi connectivity index (χ0v) is 13.3. The van der Waals surface area contributed by atoms with E-state index in [1.807, 2.05) is 30.3 Å². The number of carbonyl (C=O) groups excluding carboxylic acids is 1. The first-order chi connectivity index (χ1) is 10.4. The Morgan fingerprint density at radius 1 is 1.36 bits per heavy atom. The molecule has 0 saturated heterocycles. The topological polar surface area (TPSA) is 90.3 Å². The van der Waals surface area contributed by atoms with Crippen molar-refractivity contribution < 1.29 is 17.9 Å². The van der Waals surface area contributed by atoms with Crippen LogP contribution in [0, 0.1) is 0 Å². The molecule has 0 radical (unpaired) electrons. The van der Waals surface area contributed by atoms with Gasteiger partial charge in [0, 0.05) is 23.3 Å². The maximum atomic E-state index is 11.7. The van der Waals surface area contributed by atoms with Crippen molar-refractivity contribution in [2.24, 2.45) is 0 Å². The number of halogens is 1. The van der Waals surface area contributed by atoms with Crippen molar-refractivity contribution in [1.29, 1.82) is 0 Å². The summed E-state index contributed by atoms with van der Waals surface area (Å²) in [6.07, 6.45) is -0.733. The summed E-state index contributed by atoms with van der Waals surface area (Å²) in [5.74, 6) is 0.0548. The molecule has 22 heavy (non-hydrogen) atoms. The molecule has 0 saturated carbocycles. The molecule has 9 heteroatoms. The van der Waals surface area contributed by atoms with Gasteiger partial charge in [-0.1, -0.05) is 30.3 Å². The summed E-state index contributed by atoms with van der Waals surface area (Å²) in [6.45, 7) is 2.10. The smallest absolute Gasteiger partial charge is 0.413 e. The van der Waals surface area contributed by atoms with Gasteiger partial charge in [-0.3, -0.25) is 10.00 Å². The summed E-state index contributed by atoms with van der Waals surface area (Å²) in [5.41, 5.74) is 0.834. The van der Waals surface area contributed by atoms with Crippen LogP contribution < -0.4 is 5.32 Å². The molecule has 118 valence electrons. The van der Waals surface area contributed by atoms with Crippen LogP contribution >= 0.6 is 10.7 Å². The SMILES string of the molecule is CCn1nc(NC(=O)OCc2ccccc2)cc1S(=O)(=O)Cl. The van der Waals surface area contributed by atoms with Crippen LogP contribution in [0.1, 0.15) is 12.5 Å². The fraction of sp³-hybridized carbons (Fsp3) is 0.231. The lowest BCUT2D eigenvalue weighted by Crippen LogP contribution is -2.14. The van der Waals surface area contributed by atoms with Crippen molar-refractivity contribution in [1.82, 2.24) is 9.78 Å². The Kier molecular flexibility index (Phi) is 5.04. The van der Waals surface area contributed by atoms with Gasteiger partial charge in [0.25, 0.3) is 9.05 Å². The molecule has 0 aliphatic carbocycles. The molecule has 0 atom stereocenters. The molecule has 7 nitrogen and oxygen atoms in total. The van der Waals surface area contributed by atoms with Crippen molar-refractivity contribution in [2.45, 2.75) is 25.1 Å². The predicted octanol–water partition coefficient (Wildman–Crippen LogP) is 2.58. The first-order valence-corrected chi connectivity index (χ1v) is 8.71. The summed E-state index contributed by atoms with van der Waals surface area (Å²) in [5, 5.41) is 6.11. The molecule has 1 heterocycles. The van der Waals surface area contributed by atoms with Gasteiger partial charge in [-0.2, -0.15) is 5.10 Å². The van der Waals surface area contributed by atoms with Crippen LogP contribution in [-0.2, 0) is 26.9 Å². The summed E-state index contributed by atoms with van der Waals surface area (Å²) < 4.78 is 29.0. The lowest BCUT2D eigenvalue weighted by molar-refractivity contribution is 0.155. The molecule has 1 amide bonds. The van der Waals surface area contributed by atoms with Crippen molar-refractivity contribution in [2.75, 3.05) is 5.32 Å². The Bertz CT molecular complexity index is 759. The minimum Gasteiger partial charge on any atom is -0.444 e. The Hall–Kier alpha value is -2.06. The maximum Gasteiger partial charge on any atom is 0.413 e. The van der Waals surface area contributed by atoms with E-state index in [-0.39, 0.29) is 17.5 Å². The summed E-state index contributed by atoms with van der Waals surface area (Å²) >= 11 is 0. The molecule has 2 aromatic rings. The third kappa shape index (κ3) is 4.22. The number of hydrogen-bond donors (Lipinski definition) is 1. The number of benzene rings is 1. The number of nitrogens with zero attached hydrogens (tertiary/aromatic N) is 2. The predicted molar refractivity (Wildman–Crippen MR) is 81.2 cm³/mol. The van der Waals surface area contributed by atoms with E-state index in [0.29, 0.717) is 6.54 Å². The first-order valence-electron chi connectivity index (χ1n) is 6.40. The van der Waals surface area contributed by atoms with Gasteiger partial charge >= 0.3 is 6.09 Å². The van der Waals surface area contributed by atoms with Gasteiger partial charge in [0.15, 0.2) is 10.8 Å². The summed E-state index contributed by atoms with van der Waals surface area (Å²) in [7, 11) is 1.37. The van der Waals surface area contributed by atoms with Crippen LogP contribution in [0.3, 0.4) is 0 Å². The van der Waals surface area contributed by atoms with Gasteiger partial charge in [-0.25, -0.2) is 13.2 Å². The number of hydrogen-bond acceptors (Lipinski definition) is 5. The van der Waals surface area contributed by atoms with E-state index >= 15 is 0 Å². The zero-order chi connectivity index (χ0) is 16.2. The minimum absolute atomic E-state index is 0.0548. The second-order valence-corrected chi connectivity index (χ2v) is 6.82. The molecule has 1 aromatic heterocycles. The van der Waals surface area contributed by atoms with E-state index in [9.17, 15) is 13.2 Å². The minimum atomic E-state index is -3.94. The first kappa shape index (κ1) is 16.3. The summed E-state index contributed by atoms with van der Waals surface area (Å²) in [4.78, 5) is 11.7. The number of carbonyl (C=O) groups is 1. The number of aryl methyl sites for hydroxylation is 1. The third-order valence-electron chi connectivity index (χ3n) is 2.74. The van der Waals surface area contributed by atoms with E-state index in [2.05, 4.69) is 10.4 Å². The number of rotatable bonds is 5. The number of ether oxygens (including phenoxy) is 1. The van der Waals surface area contributed by atoms with Gasteiger partial charge < -0.3 is 4.74 Å². The van der Waals surface area contributed by atoms with E-state index in [1.165, 1.54) is 10.7 Å². The van der Waals surface area contributed by atoms with Crippen LogP contribution in [0.25, 0.3) is 0 Å². The highest BCUT2D eigenvalue weighted by atomic mass is 35.7. The molecule has 0 fully saturated rings. The Morgan fingerprint density at radius 3 is 2.59 bits per heavy atom. The summed E-state index contributed by atoms with van der Waals surface area (Å²) in [6, 6.07) is 10.3. The quantitative estimate of drug-likeness (QED) is 0.842. The maximum absolute atomic E-state index is 11.7. The highest BCUT2D eigenvalue weighted by Gasteiger charge is 2.19. The van der Waals surface area contributed by atoms with E-state index < -0.39 is 15.1 Å². The number of aromatic nitrogens is 2. The van der Waals surface area contributed by atoms with Gasteiger partial charge in [0.05, 0.1) is 0 Å². The lowest BCUT2D eigenvalue weighted by atomic mass is 10.2. The van der Waals surface area contributed by atoms with Gasteiger partial charge in [0.1, 0.15) is 6.61 Å². The molecule has 0 aliphatic heterocycles. The van der Waals surface area contributed by atoms with Gasteiger partial charge in [-0.15, -0.1) is 0 Å². The zero-order valence-electron chi connectivity index (χ0n) is 11.7. The van der Waals surface area contributed by atoms with Crippen LogP contribution in [-0.4, -0.2) is 24.3 Å². The third-order valence-corrected chi connectivity index (χ3v) is 4.04. The van der Waals surface area contributed by atoms with Crippen LogP contribution in [0.5, 0.6) is 0 Å². The largest absolute Gasteiger partial charge is 0.444 e. The van der Waals surface area contributed by atoms with Crippen LogP contribution in [0.2, 0.25) is 0 Å². The average molecular weight is 344 g/mol. The molecular weight excluding hydrogens is 330 g/mol. The van der Waals surface area contributed by atoms with Crippen molar-refractivity contribution in [3.05, 3.63) is 42.0 Å². The van der Waals surface area contributed by atoms with Crippen LogP contribution in [0.15, 0.2) is 41.4 Å². The second-order valence-electron chi connectivity index (χ2n) is 4.31. The second kappa shape index (κ2) is 6.80. The van der Waals surface area contributed by atoms with Crippen molar-refractivity contribution >= 4 is 31.6 Å². The molecule has 0 spiro atoms. The highest BCUT2D eigenvalue weighted by molar-refractivity contribution is 8.13. The van der Waals surface area contributed by atoms with Gasteiger partial charge in [-0.05, 0) is 12.5 Å². The molecule has 0 aliphatic rings.